The van der Waals surface area contributed by atoms with Crippen molar-refractivity contribution < 1.29 is 9.85 Å². The molecule has 10 heteroatoms. The van der Waals surface area contributed by atoms with E-state index in [0.717, 1.165) is 32.7 Å². The molecule has 0 aliphatic carbocycles. The van der Waals surface area contributed by atoms with Gasteiger partial charge in [0.2, 0.25) is 0 Å². The van der Waals surface area contributed by atoms with Gasteiger partial charge in [0.25, 0.3) is 11.4 Å². The molecule has 0 N–H and O–H groups in total. The Bertz CT molecular complexity index is 2020. The Labute approximate surface area is 249 Å². The van der Waals surface area contributed by atoms with E-state index in [-0.39, 0.29) is 11.4 Å². The molecule has 0 bridgehead atoms. The summed E-state index contributed by atoms with van der Waals surface area (Å²) in [4.78, 5) is 40.1. The summed E-state index contributed by atoms with van der Waals surface area (Å²) >= 11 is 0. The van der Waals surface area contributed by atoms with Crippen LogP contribution in [0.15, 0.2) is 122 Å². The van der Waals surface area contributed by atoms with Gasteiger partial charge in [-0.15, -0.1) is 0 Å². The number of non-ortho nitro benzene ring substituents is 2. The fourth-order valence-electron chi connectivity index (χ4n) is 5.42. The van der Waals surface area contributed by atoms with Crippen LogP contribution >= 0.6 is 0 Å². The minimum atomic E-state index is -0.437. The minimum Gasteiger partial charge on any atom is -0.258 e. The average molecular weight is 577 g/mol. The molecule has 7 rings (SSSR count). The number of fused-ring (bicyclic) bond motifs is 2. The Morgan fingerprint density at radius 1 is 0.455 bits per heavy atom. The van der Waals surface area contributed by atoms with E-state index in [1.807, 2.05) is 60.7 Å². The van der Waals surface area contributed by atoms with Crippen LogP contribution < -0.4 is 0 Å². The summed E-state index contributed by atoms with van der Waals surface area (Å²) in [7, 11) is 0. The molecule has 0 amide bonds. The highest BCUT2D eigenvalue weighted by atomic mass is 16.6. The molecule has 0 spiro atoms. The molecule has 210 valence electrons. The monoisotopic (exact) mass is 576 g/mol. The lowest BCUT2D eigenvalue weighted by molar-refractivity contribution is -0.385. The van der Waals surface area contributed by atoms with Gasteiger partial charge in [-0.1, -0.05) is 48.5 Å². The van der Waals surface area contributed by atoms with Crippen molar-refractivity contribution in [2.75, 3.05) is 0 Å². The quantitative estimate of drug-likeness (QED) is 0.110. The van der Waals surface area contributed by atoms with Crippen LogP contribution in [0.1, 0.15) is 0 Å². The van der Waals surface area contributed by atoms with Crippen LogP contribution in [-0.2, 0) is 0 Å². The summed E-state index contributed by atoms with van der Waals surface area (Å²) in [5, 5.41) is 26.1. The van der Waals surface area contributed by atoms with Gasteiger partial charge in [-0.25, -0.2) is 19.9 Å². The van der Waals surface area contributed by atoms with Crippen LogP contribution in [-0.4, -0.2) is 29.8 Å². The maximum absolute atomic E-state index is 11.1. The molecule has 0 radical (unpaired) electrons. The Hall–Kier alpha value is -6.42. The Morgan fingerprint density at radius 2 is 0.795 bits per heavy atom. The van der Waals surface area contributed by atoms with Crippen molar-refractivity contribution in [3.8, 4) is 45.3 Å². The summed E-state index contributed by atoms with van der Waals surface area (Å²) in [6.45, 7) is 0. The van der Waals surface area contributed by atoms with E-state index in [0.29, 0.717) is 34.2 Å². The van der Waals surface area contributed by atoms with Crippen molar-refractivity contribution in [3.63, 3.8) is 0 Å². The van der Waals surface area contributed by atoms with E-state index >= 15 is 0 Å². The molecule has 0 aliphatic rings. The van der Waals surface area contributed by atoms with Crippen molar-refractivity contribution in [3.05, 3.63) is 142 Å². The molecule has 0 fully saturated rings. The highest BCUT2D eigenvalue weighted by molar-refractivity contribution is 6.20. The highest BCUT2D eigenvalue weighted by Crippen LogP contribution is 2.43. The second-order valence-electron chi connectivity index (χ2n) is 9.98. The van der Waals surface area contributed by atoms with Gasteiger partial charge in [0.1, 0.15) is 0 Å². The van der Waals surface area contributed by atoms with Crippen LogP contribution in [0, 0.1) is 20.2 Å². The van der Waals surface area contributed by atoms with E-state index in [4.69, 9.17) is 9.97 Å². The van der Waals surface area contributed by atoms with Crippen molar-refractivity contribution in [2.24, 2.45) is 0 Å². The molecular weight excluding hydrogens is 556 g/mol. The SMILES string of the molecule is O=[N+]([O-])c1ccc(-c2nccc(-c3c4ccccc4c(-c4ccnc(-c5ccc([N+](=O)[O-])cc5)n4)c4ccccc34)n2)cc1. The molecule has 0 atom stereocenters. The molecule has 2 aromatic heterocycles. The van der Waals surface area contributed by atoms with Gasteiger partial charge < -0.3 is 0 Å². The zero-order chi connectivity index (χ0) is 30.2. The van der Waals surface area contributed by atoms with E-state index in [9.17, 15) is 20.2 Å². The second-order valence-corrected chi connectivity index (χ2v) is 9.98. The number of nitrogens with zero attached hydrogens (tertiary/aromatic N) is 6. The number of rotatable bonds is 6. The molecule has 2 heterocycles. The Kier molecular flexibility index (Phi) is 6.48. The van der Waals surface area contributed by atoms with E-state index < -0.39 is 9.85 Å². The fourth-order valence-corrected chi connectivity index (χ4v) is 5.42. The molecule has 44 heavy (non-hydrogen) atoms. The van der Waals surface area contributed by atoms with Crippen molar-refractivity contribution in [1.82, 2.24) is 19.9 Å². The predicted molar refractivity (Wildman–Crippen MR) is 168 cm³/mol. The molecule has 0 aliphatic heterocycles. The summed E-state index contributed by atoms with van der Waals surface area (Å²) in [5.74, 6) is 0.913. The van der Waals surface area contributed by atoms with Crippen LogP contribution in [0.5, 0.6) is 0 Å². The van der Waals surface area contributed by atoms with Gasteiger partial charge in [-0.3, -0.25) is 20.2 Å². The van der Waals surface area contributed by atoms with Crippen LogP contribution in [0.25, 0.3) is 66.8 Å². The van der Waals surface area contributed by atoms with Crippen molar-refractivity contribution >= 4 is 32.9 Å². The summed E-state index contributed by atoms with van der Waals surface area (Å²) in [6, 6.07) is 32.2. The number of hydrogen-bond donors (Lipinski definition) is 0. The average Bonchev–Trinajstić information content (AvgIpc) is 3.07. The Morgan fingerprint density at radius 3 is 1.11 bits per heavy atom. The first-order valence-electron chi connectivity index (χ1n) is 13.6. The Balaban J connectivity index is 1.42. The third-order valence-electron chi connectivity index (χ3n) is 7.43. The molecule has 5 aromatic carbocycles. The van der Waals surface area contributed by atoms with Gasteiger partial charge in [-0.2, -0.15) is 0 Å². The normalized spacial score (nSPS) is 11.1. The molecule has 0 saturated carbocycles. The predicted octanol–water partition coefficient (Wildman–Crippen LogP) is 8.06. The highest BCUT2D eigenvalue weighted by Gasteiger charge is 2.19. The number of benzene rings is 5. The first kappa shape index (κ1) is 26.5. The molecule has 7 aromatic rings. The van der Waals surface area contributed by atoms with Crippen LogP contribution in [0.3, 0.4) is 0 Å². The van der Waals surface area contributed by atoms with Crippen LogP contribution in [0.2, 0.25) is 0 Å². The topological polar surface area (TPSA) is 138 Å². The largest absolute Gasteiger partial charge is 0.269 e. The molecular formula is C34H20N6O4. The van der Waals surface area contributed by atoms with Gasteiger partial charge in [0.05, 0.1) is 21.2 Å². The second kappa shape index (κ2) is 10.8. The van der Waals surface area contributed by atoms with Crippen molar-refractivity contribution in [1.29, 1.82) is 0 Å². The summed E-state index contributed by atoms with van der Waals surface area (Å²) < 4.78 is 0. The fraction of sp³-hybridized carbons (Fsp3) is 0. The molecule has 0 unspecified atom stereocenters. The first-order valence-corrected chi connectivity index (χ1v) is 13.6. The van der Waals surface area contributed by atoms with Crippen molar-refractivity contribution in [2.45, 2.75) is 0 Å². The van der Waals surface area contributed by atoms with Gasteiger partial charge in [0, 0.05) is 58.9 Å². The lowest BCUT2D eigenvalue weighted by atomic mass is 9.89. The lowest BCUT2D eigenvalue weighted by Crippen LogP contribution is -1.97. The third-order valence-corrected chi connectivity index (χ3v) is 7.43. The van der Waals surface area contributed by atoms with E-state index in [1.165, 1.54) is 24.3 Å². The van der Waals surface area contributed by atoms with Gasteiger partial charge in [0.15, 0.2) is 11.6 Å². The van der Waals surface area contributed by atoms with Gasteiger partial charge in [-0.05, 0) is 57.9 Å². The smallest absolute Gasteiger partial charge is 0.258 e. The zero-order valence-corrected chi connectivity index (χ0v) is 22.9. The van der Waals surface area contributed by atoms with Gasteiger partial charge >= 0.3 is 0 Å². The maximum atomic E-state index is 11.1. The third kappa shape index (κ3) is 4.66. The van der Waals surface area contributed by atoms with Crippen LogP contribution in [0.4, 0.5) is 11.4 Å². The number of nitro benzene ring substituents is 2. The van der Waals surface area contributed by atoms with E-state index in [1.54, 1.807) is 36.7 Å². The summed E-state index contributed by atoms with van der Waals surface area (Å²) in [5.41, 5.74) is 4.61. The number of nitro groups is 2. The maximum Gasteiger partial charge on any atom is 0.269 e. The summed E-state index contributed by atoms with van der Waals surface area (Å²) in [6.07, 6.45) is 3.38. The number of aromatic nitrogens is 4. The zero-order valence-electron chi connectivity index (χ0n) is 22.9. The molecule has 10 nitrogen and oxygen atoms in total. The first-order chi connectivity index (χ1) is 21.5. The lowest BCUT2D eigenvalue weighted by Gasteiger charge is -2.17. The number of hydrogen-bond acceptors (Lipinski definition) is 8. The minimum absolute atomic E-state index is 0.000983. The van der Waals surface area contributed by atoms with E-state index in [2.05, 4.69) is 9.97 Å². The standard InChI is InChI=1S/C34H20N6O4/c41-39(42)23-13-9-21(10-14-23)33-35-19-17-29(37-33)31-25-5-1-2-6-26(25)32(28-8-4-3-7-27(28)31)30-18-20-36-34(38-30)22-11-15-24(16-12-22)40(43)44/h1-20H. The molecule has 0 saturated heterocycles.